The van der Waals surface area contributed by atoms with Gasteiger partial charge in [-0.05, 0) is 18.8 Å². The molecule has 0 aromatic heterocycles. The van der Waals surface area contributed by atoms with E-state index >= 15 is 0 Å². The molecule has 1 rings (SSSR count). The highest BCUT2D eigenvalue weighted by Gasteiger charge is 2.26. The number of hydrogen-bond donors (Lipinski definition) is 2. The van der Waals surface area contributed by atoms with Crippen molar-refractivity contribution in [3.8, 4) is 0 Å². The Balaban J connectivity index is 2.45. The zero-order chi connectivity index (χ0) is 10.7. The fourth-order valence-corrected chi connectivity index (χ4v) is 1.72. The Morgan fingerprint density at radius 3 is 2.36 bits per heavy atom. The van der Waals surface area contributed by atoms with Gasteiger partial charge in [0.1, 0.15) is 0 Å². The standard InChI is InChI=1S/C10H19NO2S/c1-7(2)9(14)10(13)11-5-3-8(12)4-6-11/h7-9,12,14H,3-6H2,1-2H3. The molecule has 3 nitrogen and oxygen atoms in total. The number of thiol groups is 1. The van der Waals surface area contributed by atoms with Crippen molar-refractivity contribution in [2.24, 2.45) is 5.92 Å². The molecule has 0 radical (unpaired) electrons. The van der Waals surface area contributed by atoms with E-state index in [1.54, 1.807) is 0 Å². The Kier molecular flexibility index (Phi) is 4.26. The van der Waals surface area contributed by atoms with Crippen LogP contribution in [0.1, 0.15) is 26.7 Å². The summed E-state index contributed by atoms with van der Waals surface area (Å²) >= 11 is 4.30. The third kappa shape index (κ3) is 2.89. The first kappa shape index (κ1) is 11.9. The lowest BCUT2D eigenvalue weighted by atomic mass is 10.0. The fourth-order valence-electron chi connectivity index (χ4n) is 1.56. The molecule has 1 atom stereocenters. The molecule has 82 valence electrons. The highest BCUT2D eigenvalue weighted by Crippen LogP contribution is 2.16. The second-order valence-electron chi connectivity index (χ2n) is 4.25. The molecule has 1 N–H and O–H groups in total. The molecule has 0 aromatic rings. The van der Waals surface area contributed by atoms with Gasteiger partial charge in [0.05, 0.1) is 11.4 Å². The summed E-state index contributed by atoms with van der Waals surface area (Å²) in [5.41, 5.74) is 0. The quantitative estimate of drug-likeness (QED) is 0.675. The predicted octanol–water partition coefficient (Wildman–Crippen LogP) is 0.924. The van der Waals surface area contributed by atoms with Gasteiger partial charge < -0.3 is 10.0 Å². The van der Waals surface area contributed by atoms with Gasteiger partial charge in [0, 0.05) is 13.1 Å². The first-order valence-electron chi connectivity index (χ1n) is 5.17. The molecule has 1 heterocycles. The third-order valence-corrected chi connectivity index (χ3v) is 3.48. The van der Waals surface area contributed by atoms with Crippen molar-refractivity contribution >= 4 is 18.5 Å². The molecule has 0 saturated carbocycles. The maximum Gasteiger partial charge on any atom is 0.235 e. The first-order valence-corrected chi connectivity index (χ1v) is 5.69. The normalized spacial score (nSPS) is 21.4. The maximum atomic E-state index is 11.8. The van der Waals surface area contributed by atoms with Gasteiger partial charge in [-0.1, -0.05) is 13.8 Å². The van der Waals surface area contributed by atoms with Crippen molar-refractivity contribution in [1.82, 2.24) is 4.90 Å². The highest BCUT2D eigenvalue weighted by molar-refractivity contribution is 7.81. The number of rotatable bonds is 2. The summed E-state index contributed by atoms with van der Waals surface area (Å²) < 4.78 is 0. The summed E-state index contributed by atoms with van der Waals surface area (Å²) in [6.07, 6.45) is 1.17. The van der Waals surface area contributed by atoms with Crippen LogP contribution in [0, 0.1) is 5.92 Å². The van der Waals surface area contributed by atoms with Crippen LogP contribution >= 0.6 is 12.6 Å². The van der Waals surface area contributed by atoms with E-state index in [1.165, 1.54) is 0 Å². The van der Waals surface area contributed by atoms with Crippen LogP contribution in [0.4, 0.5) is 0 Å². The Morgan fingerprint density at radius 2 is 1.93 bits per heavy atom. The van der Waals surface area contributed by atoms with Crippen molar-refractivity contribution < 1.29 is 9.90 Å². The van der Waals surface area contributed by atoms with Crippen molar-refractivity contribution in [3.63, 3.8) is 0 Å². The third-order valence-electron chi connectivity index (χ3n) is 2.66. The van der Waals surface area contributed by atoms with E-state index in [0.717, 1.165) is 0 Å². The predicted molar refractivity (Wildman–Crippen MR) is 59.4 cm³/mol. The van der Waals surface area contributed by atoms with Gasteiger partial charge in [-0.15, -0.1) is 0 Å². The van der Waals surface area contributed by atoms with Crippen LogP contribution in [0.25, 0.3) is 0 Å². The summed E-state index contributed by atoms with van der Waals surface area (Å²) in [5, 5.41) is 9.10. The summed E-state index contributed by atoms with van der Waals surface area (Å²) in [5.74, 6) is 0.368. The molecule has 1 fully saturated rings. The van der Waals surface area contributed by atoms with E-state index in [1.807, 2.05) is 18.7 Å². The zero-order valence-corrected chi connectivity index (χ0v) is 9.70. The molecule has 0 aliphatic carbocycles. The topological polar surface area (TPSA) is 40.5 Å². The number of carbonyl (C=O) groups is 1. The molecule has 1 saturated heterocycles. The number of likely N-dealkylation sites (tertiary alicyclic amines) is 1. The Bertz CT molecular complexity index is 200. The lowest BCUT2D eigenvalue weighted by Crippen LogP contribution is -2.44. The Labute approximate surface area is 90.9 Å². The van der Waals surface area contributed by atoms with Gasteiger partial charge >= 0.3 is 0 Å². The molecule has 1 aliphatic heterocycles. The average molecular weight is 217 g/mol. The molecule has 0 bridgehead atoms. The van der Waals surface area contributed by atoms with Crippen LogP contribution in [-0.4, -0.2) is 40.4 Å². The molecule has 1 amide bonds. The van der Waals surface area contributed by atoms with Crippen LogP contribution in [0.15, 0.2) is 0 Å². The van der Waals surface area contributed by atoms with Gasteiger partial charge in [-0.3, -0.25) is 4.79 Å². The minimum absolute atomic E-state index is 0.107. The second-order valence-corrected chi connectivity index (χ2v) is 4.80. The van der Waals surface area contributed by atoms with Crippen molar-refractivity contribution in [3.05, 3.63) is 0 Å². The van der Waals surface area contributed by atoms with E-state index in [9.17, 15) is 9.90 Å². The number of amides is 1. The van der Waals surface area contributed by atoms with Gasteiger partial charge in [0.2, 0.25) is 5.91 Å². The summed E-state index contributed by atoms with van der Waals surface area (Å²) in [6.45, 7) is 5.33. The van der Waals surface area contributed by atoms with Gasteiger partial charge in [-0.2, -0.15) is 12.6 Å². The smallest absolute Gasteiger partial charge is 0.235 e. The second kappa shape index (κ2) is 5.03. The van der Waals surface area contributed by atoms with Gasteiger partial charge in [0.25, 0.3) is 0 Å². The van der Waals surface area contributed by atoms with Crippen LogP contribution in [0.3, 0.4) is 0 Å². The van der Waals surface area contributed by atoms with Gasteiger partial charge in [-0.25, -0.2) is 0 Å². The Hall–Kier alpha value is -0.220. The van der Waals surface area contributed by atoms with E-state index in [0.29, 0.717) is 25.9 Å². The molecular weight excluding hydrogens is 198 g/mol. The minimum atomic E-state index is -0.225. The zero-order valence-electron chi connectivity index (χ0n) is 8.81. The maximum absolute atomic E-state index is 11.8. The molecule has 0 spiro atoms. The van der Waals surface area contributed by atoms with E-state index < -0.39 is 0 Å². The number of nitrogens with zero attached hydrogens (tertiary/aromatic N) is 1. The summed E-state index contributed by atoms with van der Waals surface area (Å²) in [7, 11) is 0. The molecule has 14 heavy (non-hydrogen) atoms. The number of aliphatic hydroxyl groups is 1. The number of aliphatic hydroxyl groups excluding tert-OH is 1. The molecular formula is C10H19NO2S. The van der Waals surface area contributed by atoms with Crippen LogP contribution in [0.2, 0.25) is 0 Å². The highest BCUT2D eigenvalue weighted by atomic mass is 32.1. The fraction of sp³-hybridized carbons (Fsp3) is 0.900. The number of hydrogen-bond acceptors (Lipinski definition) is 3. The monoisotopic (exact) mass is 217 g/mol. The number of carbonyl (C=O) groups excluding carboxylic acids is 1. The van der Waals surface area contributed by atoms with Crippen LogP contribution < -0.4 is 0 Å². The lowest BCUT2D eigenvalue weighted by molar-refractivity contribution is -0.133. The van der Waals surface area contributed by atoms with E-state index in [2.05, 4.69) is 12.6 Å². The Morgan fingerprint density at radius 1 is 1.43 bits per heavy atom. The number of piperidine rings is 1. The molecule has 1 unspecified atom stereocenters. The minimum Gasteiger partial charge on any atom is -0.393 e. The SMILES string of the molecule is CC(C)C(S)C(=O)N1CCC(O)CC1. The summed E-state index contributed by atoms with van der Waals surface area (Å²) in [4.78, 5) is 13.6. The largest absolute Gasteiger partial charge is 0.393 e. The van der Waals surface area contributed by atoms with Crippen LogP contribution in [0.5, 0.6) is 0 Å². The van der Waals surface area contributed by atoms with Crippen molar-refractivity contribution in [2.75, 3.05) is 13.1 Å². The molecule has 0 aromatic carbocycles. The summed E-state index contributed by atoms with van der Waals surface area (Å²) in [6, 6.07) is 0. The van der Waals surface area contributed by atoms with E-state index in [-0.39, 0.29) is 23.2 Å². The molecule has 1 aliphatic rings. The van der Waals surface area contributed by atoms with Crippen LogP contribution in [-0.2, 0) is 4.79 Å². The first-order chi connectivity index (χ1) is 6.52. The molecule has 4 heteroatoms. The van der Waals surface area contributed by atoms with E-state index in [4.69, 9.17) is 0 Å². The lowest BCUT2D eigenvalue weighted by Gasteiger charge is -2.32. The van der Waals surface area contributed by atoms with Gasteiger partial charge in [0.15, 0.2) is 0 Å². The van der Waals surface area contributed by atoms with Crippen molar-refractivity contribution in [2.45, 2.75) is 38.0 Å². The average Bonchev–Trinajstić information content (AvgIpc) is 2.16. The van der Waals surface area contributed by atoms with Crippen molar-refractivity contribution in [1.29, 1.82) is 0 Å².